The molecule has 0 saturated carbocycles. The molecule has 0 aliphatic heterocycles. The van der Waals surface area contributed by atoms with E-state index in [2.05, 4.69) is 4.74 Å². The number of ether oxygens (including phenoxy) is 1. The first-order valence-corrected chi connectivity index (χ1v) is 4.21. The van der Waals surface area contributed by atoms with Crippen molar-refractivity contribution in [1.29, 1.82) is 0 Å². The third kappa shape index (κ3) is 3.35. The predicted octanol–water partition coefficient (Wildman–Crippen LogP) is 2.52. The van der Waals surface area contributed by atoms with E-state index in [0.717, 1.165) is 6.07 Å². The maximum atomic E-state index is 12.9. The molecular formula is C8H6BF6O-. The van der Waals surface area contributed by atoms with Gasteiger partial charge < -0.3 is 17.7 Å². The first-order valence-electron chi connectivity index (χ1n) is 4.21. The van der Waals surface area contributed by atoms with Gasteiger partial charge in [0.15, 0.2) is 0 Å². The van der Waals surface area contributed by atoms with Gasteiger partial charge in [0.25, 0.3) is 6.43 Å². The lowest BCUT2D eigenvalue weighted by molar-refractivity contribution is 0.0817. The second-order valence-electron chi connectivity index (χ2n) is 2.96. The average molecular weight is 243 g/mol. The highest BCUT2D eigenvalue weighted by atomic mass is 19.4. The highest BCUT2D eigenvalue weighted by molar-refractivity contribution is 6.73. The van der Waals surface area contributed by atoms with E-state index in [1.54, 1.807) is 0 Å². The van der Waals surface area contributed by atoms with E-state index in [1.165, 1.54) is 0 Å². The molecular weight excluding hydrogens is 237 g/mol. The topological polar surface area (TPSA) is 9.23 Å². The van der Waals surface area contributed by atoms with Gasteiger partial charge in [-0.05, 0) is 6.07 Å². The number of hydrogen-bond donors (Lipinski definition) is 0. The Hall–Kier alpha value is -1.34. The van der Waals surface area contributed by atoms with E-state index in [0.29, 0.717) is 12.1 Å². The van der Waals surface area contributed by atoms with E-state index < -0.39 is 31.3 Å². The monoisotopic (exact) mass is 243 g/mol. The molecule has 0 N–H and O–H groups in total. The largest absolute Gasteiger partial charge is 0.512 e. The number of benzene rings is 1. The summed E-state index contributed by atoms with van der Waals surface area (Å²) in [5, 5.41) is 0. The van der Waals surface area contributed by atoms with Crippen LogP contribution < -0.4 is 10.2 Å². The Morgan fingerprint density at radius 3 is 2.25 bits per heavy atom. The Morgan fingerprint density at radius 2 is 1.81 bits per heavy atom. The third-order valence-corrected chi connectivity index (χ3v) is 1.70. The molecule has 8 heteroatoms. The van der Waals surface area contributed by atoms with Crippen LogP contribution in [0.25, 0.3) is 0 Å². The van der Waals surface area contributed by atoms with Crippen LogP contribution in [0.2, 0.25) is 0 Å². The summed E-state index contributed by atoms with van der Waals surface area (Å²) >= 11 is 0. The third-order valence-electron chi connectivity index (χ3n) is 1.70. The number of alkyl halides is 2. The minimum absolute atomic E-state index is 0.360. The molecule has 0 unspecified atom stereocenters. The van der Waals surface area contributed by atoms with E-state index in [4.69, 9.17) is 0 Å². The molecule has 0 saturated heterocycles. The smallest absolute Gasteiger partial charge is 0.488 e. The van der Waals surface area contributed by atoms with Gasteiger partial charge in [-0.2, -0.15) is 0 Å². The van der Waals surface area contributed by atoms with Gasteiger partial charge in [-0.15, -0.1) is 0 Å². The number of rotatable bonds is 4. The van der Waals surface area contributed by atoms with Crippen molar-refractivity contribution in [2.24, 2.45) is 0 Å². The molecule has 0 atom stereocenters. The van der Waals surface area contributed by atoms with Crippen molar-refractivity contribution in [1.82, 2.24) is 0 Å². The lowest BCUT2D eigenvalue weighted by Crippen LogP contribution is -2.36. The maximum Gasteiger partial charge on any atom is 0.512 e. The molecule has 0 amide bonds. The van der Waals surface area contributed by atoms with Crippen LogP contribution in [0.4, 0.5) is 26.1 Å². The summed E-state index contributed by atoms with van der Waals surface area (Å²) in [5.41, 5.74) is -1.40. The van der Waals surface area contributed by atoms with Crippen molar-refractivity contribution in [2.45, 2.75) is 6.43 Å². The van der Waals surface area contributed by atoms with Gasteiger partial charge in [-0.3, -0.25) is 0 Å². The van der Waals surface area contributed by atoms with E-state index in [-0.39, 0.29) is 5.75 Å². The standard InChI is InChI=1S/C8H6BF6O/c10-7-3-5(16-4-8(11)12)1-2-6(7)9(13,14)15/h1-3,8H,4H2/q-1. The zero-order chi connectivity index (χ0) is 12.3. The van der Waals surface area contributed by atoms with Crippen molar-refractivity contribution < 1.29 is 30.9 Å². The van der Waals surface area contributed by atoms with Crippen molar-refractivity contribution in [3.05, 3.63) is 24.0 Å². The van der Waals surface area contributed by atoms with Crippen molar-refractivity contribution in [3.63, 3.8) is 0 Å². The van der Waals surface area contributed by atoms with Crippen molar-refractivity contribution in [3.8, 4) is 5.75 Å². The van der Waals surface area contributed by atoms with Gasteiger partial charge in [0.05, 0.1) is 5.82 Å². The molecule has 90 valence electrons. The molecule has 0 fully saturated rings. The maximum absolute atomic E-state index is 12.9. The predicted molar refractivity (Wildman–Crippen MR) is 46.6 cm³/mol. The fourth-order valence-corrected chi connectivity index (χ4v) is 1.02. The zero-order valence-electron chi connectivity index (χ0n) is 7.77. The van der Waals surface area contributed by atoms with Crippen LogP contribution in [0.15, 0.2) is 18.2 Å². The van der Waals surface area contributed by atoms with Crippen LogP contribution in [0.1, 0.15) is 0 Å². The Bertz CT molecular complexity index is 364. The fourth-order valence-electron chi connectivity index (χ4n) is 1.02. The van der Waals surface area contributed by atoms with E-state index in [9.17, 15) is 26.1 Å². The Kier molecular flexibility index (Phi) is 3.72. The SMILES string of the molecule is Fc1cc(OCC(F)F)ccc1[B-](F)(F)F. The summed E-state index contributed by atoms with van der Waals surface area (Å²) in [7, 11) is 0. The van der Waals surface area contributed by atoms with Crippen molar-refractivity contribution >= 4 is 12.4 Å². The van der Waals surface area contributed by atoms with Crippen LogP contribution >= 0.6 is 0 Å². The summed E-state index contributed by atoms with van der Waals surface area (Å²) in [5.74, 6) is -1.89. The fraction of sp³-hybridized carbons (Fsp3) is 0.250. The molecule has 1 aromatic rings. The van der Waals surface area contributed by atoms with Crippen LogP contribution in [0.5, 0.6) is 5.75 Å². The average Bonchev–Trinajstić information content (AvgIpc) is 2.12. The molecule has 0 aromatic heterocycles. The summed E-state index contributed by atoms with van der Waals surface area (Å²) in [6, 6.07) is 1.71. The number of hydrogen-bond acceptors (Lipinski definition) is 1. The van der Waals surface area contributed by atoms with Crippen molar-refractivity contribution in [2.75, 3.05) is 6.61 Å². The second-order valence-corrected chi connectivity index (χ2v) is 2.96. The van der Waals surface area contributed by atoms with E-state index in [1.807, 2.05) is 0 Å². The Labute approximate surface area is 87.1 Å². The summed E-state index contributed by atoms with van der Waals surface area (Å²) in [4.78, 5) is 0. The lowest BCUT2D eigenvalue weighted by Gasteiger charge is -2.16. The van der Waals surface area contributed by atoms with Gasteiger partial charge in [-0.25, -0.2) is 13.2 Å². The zero-order valence-corrected chi connectivity index (χ0v) is 7.77. The molecule has 0 spiro atoms. The van der Waals surface area contributed by atoms with Crippen LogP contribution in [-0.2, 0) is 0 Å². The van der Waals surface area contributed by atoms with Gasteiger partial charge in [-0.1, -0.05) is 11.5 Å². The van der Waals surface area contributed by atoms with Crippen LogP contribution in [0, 0.1) is 5.82 Å². The molecule has 0 bridgehead atoms. The van der Waals surface area contributed by atoms with Gasteiger partial charge in [0.1, 0.15) is 12.4 Å². The van der Waals surface area contributed by atoms with Crippen LogP contribution in [0.3, 0.4) is 0 Å². The molecule has 0 aliphatic carbocycles. The minimum atomic E-state index is -5.45. The summed E-state index contributed by atoms with van der Waals surface area (Å²) < 4.78 is 77.1. The number of halogens is 6. The molecule has 0 aliphatic rings. The first-order chi connectivity index (χ1) is 7.30. The lowest BCUT2D eigenvalue weighted by atomic mass is 9.80. The summed E-state index contributed by atoms with van der Waals surface area (Å²) in [6.07, 6.45) is -2.77. The molecule has 0 heterocycles. The van der Waals surface area contributed by atoms with Crippen LogP contribution in [-0.4, -0.2) is 20.0 Å². The molecule has 1 nitrogen and oxygen atoms in total. The minimum Gasteiger partial charge on any atom is -0.488 e. The highest BCUT2D eigenvalue weighted by Gasteiger charge is 2.28. The quantitative estimate of drug-likeness (QED) is 0.583. The van der Waals surface area contributed by atoms with Gasteiger partial charge in [0.2, 0.25) is 0 Å². The molecule has 1 aromatic carbocycles. The normalized spacial score (nSPS) is 11.9. The summed E-state index contributed by atoms with van der Waals surface area (Å²) in [6.45, 7) is -6.44. The Morgan fingerprint density at radius 1 is 1.19 bits per heavy atom. The molecule has 0 radical (unpaired) electrons. The first kappa shape index (κ1) is 12.7. The molecule has 1 rings (SSSR count). The Balaban J connectivity index is 2.83. The second kappa shape index (κ2) is 4.67. The van der Waals surface area contributed by atoms with E-state index >= 15 is 0 Å². The van der Waals surface area contributed by atoms with Gasteiger partial charge >= 0.3 is 6.98 Å². The molecule has 16 heavy (non-hydrogen) atoms. The highest BCUT2D eigenvalue weighted by Crippen LogP contribution is 2.17. The van der Waals surface area contributed by atoms with Gasteiger partial charge in [0, 0.05) is 6.07 Å².